The van der Waals surface area contributed by atoms with Crippen molar-refractivity contribution in [2.45, 2.75) is 44.7 Å². The van der Waals surface area contributed by atoms with Gasteiger partial charge in [-0.25, -0.2) is 9.97 Å². The topological polar surface area (TPSA) is 97.2 Å². The Morgan fingerprint density at radius 1 is 1.09 bits per heavy atom. The van der Waals surface area contributed by atoms with Crippen LogP contribution in [0.3, 0.4) is 0 Å². The Bertz CT molecular complexity index is 1160. The summed E-state index contributed by atoms with van der Waals surface area (Å²) in [6.07, 6.45) is 8.70. The summed E-state index contributed by atoms with van der Waals surface area (Å²) < 4.78 is 0. The van der Waals surface area contributed by atoms with Crippen LogP contribution in [0, 0.1) is 5.41 Å². The van der Waals surface area contributed by atoms with Gasteiger partial charge in [-0.2, -0.15) is 0 Å². The van der Waals surface area contributed by atoms with Gasteiger partial charge in [0.2, 0.25) is 0 Å². The molecule has 32 heavy (non-hydrogen) atoms. The van der Waals surface area contributed by atoms with E-state index in [-0.39, 0.29) is 5.76 Å². The fourth-order valence-electron chi connectivity index (χ4n) is 4.64. The Labute approximate surface area is 188 Å². The van der Waals surface area contributed by atoms with E-state index in [1.165, 1.54) is 19.3 Å². The number of hydrogen-bond acceptors (Lipinski definition) is 7. The smallest absolute Gasteiger partial charge is 0.130 e. The van der Waals surface area contributed by atoms with E-state index in [0.717, 1.165) is 36.4 Å². The number of allylic oxidation sites excluding steroid dienone is 4. The molecule has 2 aliphatic carbocycles. The van der Waals surface area contributed by atoms with Crippen molar-refractivity contribution in [3.05, 3.63) is 59.1 Å². The lowest BCUT2D eigenvalue weighted by atomic mass is 9.91. The molecule has 2 fully saturated rings. The molecule has 0 amide bonds. The number of anilines is 1. The van der Waals surface area contributed by atoms with E-state index >= 15 is 0 Å². The first-order valence-electron chi connectivity index (χ1n) is 11.4. The molecule has 3 heterocycles. The SMILES string of the molecule is CN/C=C1/C=C(c2ccc3nc(N4CCC(NC5CCC5)C4)ccc3n2)C(O)=C(C)C1=N. The Balaban J connectivity index is 1.39. The van der Waals surface area contributed by atoms with Gasteiger partial charge in [-0.15, -0.1) is 0 Å². The van der Waals surface area contributed by atoms with Crippen LogP contribution in [0.1, 0.15) is 38.3 Å². The minimum Gasteiger partial charge on any atom is -0.507 e. The van der Waals surface area contributed by atoms with E-state index in [9.17, 15) is 5.11 Å². The average molecular weight is 431 g/mol. The van der Waals surface area contributed by atoms with Crippen molar-refractivity contribution in [1.29, 1.82) is 5.41 Å². The van der Waals surface area contributed by atoms with Gasteiger partial charge in [0.25, 0.3) is 0 Å². The fourth-order valence-corrected chi connectivity index (χ4v) is 4.64. The first kappa shape index (κ1) is 20.7. The predicted molar refractivity (Wildman–Crippen MR) is 129 cm³/mol. The average Bonchev–Trinajstić information content (AvgIpc) is 3.25. The maximum absolute atomic E-state index is 10.7. The van der Waals surface area contributed by atoms with Gasteiger partial charge in [-0.05, 0) is 56.5 Å². The molecule has 0 radical (unpaired) electrons. The fraction of sp³-hybridized carbons (Fsp3) is 0.400. The zero-order valence-corrected chi connectivity index (χ0v) is 18.7. The molecule has 7 heteroatoms. The van der Waals surface area contributed by atoms with Crippen LogP contribution in [0.25, 0.3) is 16.6 Å². The molecule has 2 aromatic rings. The van der Waals surface area contributed by atoms with Crippen LogP contribution < -0.4 is 15.5 Å². The summed E-state index contributed by atoms with van der Waals surface area (Å²) in [6.45, 7) is 3.77. The lowest BCUT2D eigenvalue weighted by Crippen LogP contribution is -2.43. The normalized spacial score (nSPS) is 23.1. The zero-order chi connectivity index (χ0) is 22.2. The van der Waals surface area contributed by atoms with Crippen LogP contribution in [0.15, 0.2) is 53.4 Å². The van der Waals surface area contributed by atoms with Gasteiger partial charge >= 0.3 is 0 Å². The van der Waals surface area contributed by atoms with Crippen molar-refractivity contribution in [2.75, 3.05) is 25.0 Å². The first-order valence-corrected chi connectivity index (χ1v) is 11.4. The molecule has 4 N–H and O–H groups in total. The second kappa shape index (κ2) is 8.39. The molecule has 2 aromatic heterocycles. The second-order valence-corrected chi connectivity index (χ2v) is 8.93. The van der Waals surface area contributed by atoms with Crippen molar-refractivity contribution in [3.8, 4) is 0 Å². The van der Waals surface area contributed by atoms with E-state index in [1.54, 1.807) is 26.2 Å². The number of pyridine rings is 2. The third-order valence-corrected chi connectivity index (χ3v) is 6.77. The van der Waals surface area contributed by atoms with Crippen LogP contribution in [0.5, 0.6) is 0 Å². The van der Waals surface area contributed by atoms with E-state index in [2.05, 4.69) is 15.5 Å². The second-order valence-electron chi connectivity index (χ2n) is 8.93. The summed E-state index contributed by atoms with van der Waals surface area (Å²) in [6, 6.07) is 9.17. The molecular weight excluding hydrogens is 400 g/mol. The highest BCUT2D eigenvalue weighted by Gasteiger charge is 2.28. The maximum atomic E-state index is 10.7. The summed E-state index contributed by atoms with van der Waals surface area (Å²) in [5.41, 5.74) is 4.49. The summed E-state index contributed by atoms with van der Waals surface area (Å²) >= 11 is 0. The van der Waals surface area contributed by atoms with E-state index < -0.39 is 0 Å². The van der Waals surface area contributed by atoms with Gasteiger partial charge in [0.05, 0.1) is 22.4 Å². The van der Waals surface area contributed by atoms with Crippen molar-refractivity contribution >= 4 is 28.1 Å². The zero-order valence-electron chi connectivity index (χ0n) is 18.7. The molecule has 0 bridgehead atoms. The third-order valence-electron chi connectivity index (χ3n) is 6.77. The van der Waals surface area contributed by atoms with Gasteiger partial charge in [0.15, 0.2) is 0 Å². The molecule has 7 nitrogen and oxygen atoms in total. The molecule has 0 aromatic carbocycles. The highest BCUT2D eigenvalue weighted by molar-refractivity contribution is 6.17. The standard InChI is InChI=1S/C25H30N6O/c1-15-24(26)16(13-27-2)12-19(25(15)32)20-6-7-22-21(29-20)8-9-23(30-22)31-11-10-18(14-31)28-17-4-3-5-17/h6-9,12-13,17-18,26-28,32H,3-5,10-11,14H2,1-2H3/b16-13-,26-24?. The van der Waals surface area contributed by atoms with E-state index in [1.807, 2.05) is 24.3 Å². The van der Waals surface area contributed by atoms with Gasteiger partial charge in [0.1, 0.15) is 11.6 Å². The Morgan fingerprint density at radius 2 is 1.88 bits per heavy atom. The number of nitrogens with zero attached hydrogens (tertiary/aromatic N) is 3. The van der Waals surface area contributed by atoms with Crippen LogP contribution in [0.4, 0.5) is 5.82 Å². The molecule has 1 unspecified atom stereocenters. The molecule has 166 valence electrons. The third kappa shape index (κ3) is 3.77. The minimum atomic E-state index is 0.0988. The molecule has 1 atom stereocenters. The van der Waals surface area contributed by atoms with Crippen molar-refractivity contribution in [1.82, 2.24) is 20.6 Å². The van der Waals surface area contributed by atoms with E-state index in [4.69, 9.17) is 15.4 Å². The minimum absolute atomic E-state index is 0.0988. The number of aliphatic hydroxyl groups excluding tert-OH is 1. The van der Waals surface area contributed by atoms with Crippen molar-refractivity contribution < 1.29 is 5.11 Å². The Hall–Kier alpha value is -3.19. The van der Waals surface area contributed by atoms with Crippen LogP contribution in [0.2, 0.25) is 0 Å². The van der Waals surface area contributed by atoms with Gasteiger partial charge in [-0.3, -0.25) is 5.41 Å². The first-order chi connectivity index (χ1) is 15.5. The van der Waals surface area contributed by atoms with Gasteiger partial charge < -0.3 is 20.6 Å². The molecule has 3 aliphatic rings. The molecule has 5 rings (SSSR count). The van der Waals surface area contributed by atoms with Gasteiger partial charge in [0, 0.05) is 55.1 Å². The summed E-state index contributed by atoms with van der Waals surface area (Å²) in [5, 5.41) is 25.6. The lowest BCUT2D eigenvalue weighted by Gasteiger charge is -2.30. The summed E-state index contributed by atoms with van der Waals surface area (Å²) in [4.78, 5) is 12.0. The Morgan fingerprint density at radius 3 is 2.62 bits per heavy atom. The highest BCUT2D eigenvalue weighted by Crippen LogP contribution is 2.32. The largest absolute Gasteiger partial charge is 0.507 e. The number of nitrogens with one attached hydrogen (secondary N) is 3. The molecule has 1 saturated heterocycles. The Kier molecular flexibility index (Phi) is 5.43. The maximum Gasteiger partial charge on any atom is 0.130 e. The van der Waals surface area contributed by atoms with Crippen LogP contribution in [-0.2, 0) is 0 Å². The monoisotopic (exact) mass is 430 g/mol. The predicted octanol–water partition coefficient (Wildman–Crippen LogP) is 3.70. The molecule has 1 aliphatic heterocycles. The van der Waals surface area contributed by atoms with Crippen LogP contribution >= 0.6 is 0 Å². The lowest BCUT2D eigenvalue weighted by molar-refractivity contribution is 0.311. The molecule has 0 spiro atoms. The summed E-state index contributed by atoms with van der Waals surface area (Å²) in [7, 11) is 1.80. The molecular formula is C25H30N6O. The number of aliphatic hydroxyl groups is 1. The summed E-state index contributed by atoms with van der Waals surface area (Å²) in [5.74, 6) is 1.09. The number of rotatable bonds is 5. The van der Waals surface area contributed by atoms with Gasteiger partial charge in [-0.1, -0.05) is 6.42 Å². The number of hydrogen-bond donors (Lipinski definition) is 4. The van der Waals surface area contributed by atoms with E-state index in [0.29, 0.717) is 40.2 Å². The number of fused-ring (bicyclic) bond motifs is 1. The quantitative estimate of drug-likeness (QED) is 0.578. The molecule has 1 saturated carbocycles. The number of aromatic nitrogens is 2. The highest BCUT2D eigenvalue weighted by atomic mass is 16.3. The van der Waals surface area contributed by atoms with Crippen LogP contribution in [-0.4, -0.2) is 53.0 Å². The van der Waals surface area contributed by atoms with Crippen molar-refractivity contribution in [3.63, 3.8) is 0 Å². The van der Waals surface area contributed by atoms with Crippen molar-refractivity contribution in [2.24, 2.45) is 0 Å².